The highest BCUT2D eigenvalue weighted by molar-refractivity contribution is 8.04. The van der Waals surface area contributed by atoms with Crippen molar-refractivity contribution in [1.29, 1.82) is 0 Å². The van der Waals surface area contributed by atoms with Gasteiger partial charge in [-0.05, 0) is 62.2 Å². The molecule has 4 aliphatic heterocycles. The summed E-state index contributed by atoms with van der Waals surface area (Å²) in [6.07, 6.45) is 1.63. The summed E-state index contributed by atoms with van der Waals surface area (Å²) in [6, 6.07) is 15.3. The van der Waals surface area contributed by atoms with Crippen molar-refractivity contribution < 1.29 is 14.3 Å². The minimum atomic E-state index is -0.187. The Kier molecular flexibility index (Phi) is 5.70. The highest BCUT2D eigenvalue weighted by atomic mass is 32.2. The third kappa shape index (κ3) is 3.97. The Morgan fingerprint density at radius 3 is 2.71 bits per heavy atom. The van der Waals surface area contributed by atoms with Gasteiger partial charge in [-0.25, -0.2) is 4.79 Å². The number of thioether (sulfide) groups is 1. The molecule has 2 aromatic carbocycles. The molecule has 0 saturated carbocycles. The van der Waals surface area contributed by atoms with E-state index >= 15 is 0 Å². The van der Waals surface area contributed by atoms with Gasteiger partial charge in [0.15, 0.2) is 0 Å². The zero-order valence-corrected chi connectivity index (χ0v) is 20.4. The Hall–Kier alpha value is -3.01. The third-order valence-corrected chi connectivity index (χ3v) is 8.60. The van der Waals surface area contributed by atoms with Crippen LogP contribution in [0.25, 0.3) is 0 Å². The van der Waals surface area contributed by atoms with Crippen LogP contribution >= 0.6 is 11.8 Å². The van der Waals surface area contributed by atoms with E-state index in [0.29, 0.717) is 18.0 Å². The largest absolute Gasteiger partial charge is 0.457 e. The van der Waals surface area contributed by atoms with Crippen LogP contribution in [0.2, 0.25) is 0 Å². The number of likely N-dealkylation sites (tertiary alicyclic amines) is 1. The van der Waals surface area contributed by atoms with Crippen molar-refractivity contribution in [2.75, 3.05) is 24.5 Å². The number of anilines is 1. The van der Waals surface area contributed by atoms with E-state index < -0.39 is 0 Å². The van der Waals surface area contributed by atoms with E-state index in [-0.39, 0.29) is 35.3 Å². The molecule has 4 aliphatic rings. The van der Waals surface area contributed by atoms with Crippen LogP contribution in [0.1, 0.15) is 18.4 Å². The molecule has 3 unspecified atom stereocenters. The van der Waals surface area contributed by atoms with E-state index in [2.05, 4.69) is 10.6 Å². The SMILES string of the molecule is Cc1cc(Oc2ccccc2)ccc1N1C(=O)NC2=C(C(=O)N3CC[C@H](N)C3)SC3NCCC1C23. The van der Waals surface area contributed by atoms with Crippen molar-refractivity contribution in [1.82, 2.24) is 15.5 Å². The summed E-state index contributed by atoms with van der Waals surface area (Å²) in [7, 11) is 0. The van der Waals surface area contributed by atoms with E-state index in [4.69, 9.17) is 10.5 Å². The molecule has 8 nitrogen and oxygen atoms in total. The first kappa shape index (κ1) is 22.5. The second-order valence-electron chi connectivity index (χ2n) is 9.58. The smallest absolute Gasteiger partial charge is 0.326 e. The number of amides is 3. The second-order valence-corrected chi connectivity index (χ2v) is 10.7. The number of nitrogens with one attached hydrogen (secondary N) is 2. The van der Waals surface area contributed by atoms with Gasteiger partial charge in [-0.1, -0.05) is 30.0 Å². The van der Waals surface area contributed by atoms with Gasteiger partial charge in [0.25, 0.3) is 5.91 Å². The molecule has 9 heteroatoms. The van der Waals surface area contributed by atoms with E-state index in [1.807, 2.05) is 65.3 Å². The van der Waals surface area contributed by atoms with Crippen LogP contribution in [0, 0.1) is 12.8 Å². The Morgan fingerprint density at radius 1 is 1.14 bits per heavy atom. The van der Waals surface area contributed by atoms with Crippen molar-refractivity contribution in [2.24, 2.45) is 11.7 Å². The van der Waals surface area contributed by atoms with Crippen molar-refractivity contribution in [3.05, 3.63) is 64.7 Å². The number of carbonyl (C=O) groups is 2. The Labute approximate surface area is 208 Å². The van der Waals surface area contributed by atoms with Crippen LogP contribution < -0.4 is 26.0 Å². The maximum atomic E-state index is 13.5. The van der Waals surface area contributed by atoms with Crippen LogP contribution in [0.5, 0.6) is 11.5 Å². The molecular weight excluding hydrogens is 462 g/mol. The fraction of sp³-hybridized carbons (Fsp3) is 0.385. The minimum absolute atomic E-state index is 0.0137. The topological polar surface area (TPSA) is 99.9 Å². The summed E-state index contributed by atoms with van der Waals surface area (Å²) in [5, 5.41) is 6.72. The first-order chi connectivity index (χ1) is 17.0. The Balaban J connectivity index is 1.29. The number of nitrogens with zero attached hydrogens (tertiary/aromatic N) is 2. The molecule has 4 N–H and O–H groups in total. The lowest BCUT2D eigenvalue weighted by Gasteiger charge is -2.46. The highest BCUT2D eigenvalue weighted by Crippen LogP contribution is 2.49. The molecule has 182 valence electrons. The van der Waals surface area contributed by atoms with Gasteiger partial charge in [0.05, 0.1) is 16.3 Å². The maximum Gasteiger partial charge on any atom is 0.326 e. The molecule has 6 rings (SSSR count). The number of rotatable bonds is 4. The third-order valence-electron chi connectivity index (χ3n) is 7.25. The lowest BCUT2D eigenvalue weighted by Crippen LogP contribution is -2.62. The Bertz CT molecular complexity index is 1200. The van der Waals surface area contributed by atoms with Crippen LogP contribution in [-0.2, 0) is 4.79 Å². The molecule has 3 amide bonds. The number of aryl methyl sites for hydroxylation is 1. The summed E-state index contributed by atoms with van der Waals surface area (Å²) >= 11 is 1.55. The molecule has 0 aliphatic carbocycles. The molecule has 0 bridgehead atoms. The molecule has 4 heterocycles. The molecule has 0 aromatic heterocycles. The minimum Gasteiger partial charge on any atom is -0.457 e. The molecule has 35 heavy (non-hydrogen) atoms. The van der Waals surface area contributed by atoms with Gasteiger partial charge >= 0.3 is 6.03 Å². The fourth-order valence-electron chi connectivity index (χ4n) is 5.59. The van der Waals surface area contributed by atoms with Gasteiger partial charge in [0.1, 0.15) is 11.5 Å². The van der Waals surface area contributed by atoms with Gasteiger partial charge < -0.3 is 26.0 Å². The lowest BCUT2D eigenvalue weighted by atomic mass is 9.86. The zero-order valence-electron chi connectivity index (χ0n) is 19.6. The molecule has 2 aromatic rings. The fourth-order valence-corrected chi connectivity index (χ4v) is 7.06. The molecule has 4 atom stereocenters. The number of piperidine rings is 1. The van der Waals surface area contributed by atoms with Crippen molar-refractivity contribution in [2.45, 2.75) is 37.2 Å². The van der Waals surface area contributed by atoms with Gasteiger partial charge in [0, 0.05) is 36.4 Å². The van der Waals surface area contributed by atoms with Crippen molar-refractivity contribution >= 4 is 29.4 Å². The molecule has 3 fully saturated rings. The second kappa shape index (κ2) is 8.89. The number of para-hydroxylation sites is 1. The molecule has 3 saturated heterocycles. The number of nitrogens with two attached hydrogens (primary N) is 1. The number of hydrogen-bond acceptors (Lipinski definition) is 6. The zero-order chi connectivity index (χ0) is 24.1. The van der Waals surface area contributed by atoms with Gasteiger partial charge in [-0.15, -0.1) is 0 Å². The van der Waals surface area contributed by atoms with E-state index in [0.717, 1.165) is 47.8 Å². The van der Waals surface area contributed by atoms with Crippen molar-refractivity contribution in [3.63, 3.8) is 0 Å². The number of ether oxygens (including phenoxy) is 1. The van der Waals surface area contributed by atoms with Crippen LogP contribution in [-0.4, -0.2) is 53.9 Å². The van der Waals surface area contributed by atoms with E-state index in [9.17, 15) is 9.59 Å². The maximum absolute atomic E-state index is 13.5. The normalized spacial score (nSPS) is 27.7. The van der Waals surface area contributed by atoms with Crippen molar-refractivity contribution in [3.8, 4) is 11.5 Å². The quantitative estimate of drug-likeness (QED) is 0.608. The summed E-state index contributed by atoms with van der Waals surface area (Å²) in [4.78, 5) is 31.2. The highest BCUT2D eigenvalue weighted by Gasteiger charge is 2.52. The summed E-state index contributed by atoms with van der Waals surface area (Å²) in [5.74, 6) is 1.51. The molecular formula is C26H29N5O3S. The molecule has 0 radical (unpaired) electrons. The summed E-state index contributed by atoms with van der Waals surface area (Å²) in [5.41, 5.74) is 8.63. The number of hydrogen-bond donors (Lipinski definition) is 3. The van der Waals surface area contributed by atoms with Crippen LogP contribution in [0.3, 0.4) is 0 Å². The van der Waals surface area contributed by atoms with Gasteiger partial charge in [-0.3, -0.25) is 9.69 Å². The van der Waals surface area contributed by atoms with E-state index in [1.54, 1.807) is 11.8 Å². The standard InChI is InChI=1S/C26H29N5O3S/c1-15-13-18(34-17-5-3-2-4-6-17)7-8-19(15)31-20-9-11-28-24-21(20)22(29-26(31)33)23(35-24)25(32)30-12-10-16(27)14-30/h2-8,13,16,20-21,24,28H,9-12,14,27H2,1H3,(H,29,33)/t16-,20?,21?,24?/m0/s1. The predicted octanol–water partition coefficient (Wildman–Crippen LogP) is 3.14. The van der Waals surface area contributed by atoms with Crippen LogP contribution in [0.15, 0.2) is 59.1 Å². The van der Waals surface area contributed by atoms with E-state index in [1.165, 1.54) is 0 Å². The van der Waals surface area contributed by atoms with Crippen LogP contribution in [0.4, 0.5) is 10.5 Å². The predicted molar refractivity (Wildman–Crippen MR) is 136 cm³/mol. The molecule has 0 spiro atoms. The number of benzene rings is 2. The first-order valence-corrected chi connectivity index (χ1v) is 13.0. The number of urea groups is 1. The first-order valence-electron chi connectivity index (χ1n) is 12.1. The number of carbonyl (C=O) groups excluding carboxylic acids is 2. The van der Waals surface area contributed by atoms with Gasteiger partial charge in [-0.2, -0.15) is 0 Å². The van der Waals surface area contributed by atoms with Gasteiger partial charge in [0.2, 0.25) is 0 Å². The summed E-state index contributed by atoms with van der Waals surface area (Å²) < 4.78 is 5.98. The summed E-state index contributed by atoms with van der Waals surface area (Å²) in [6.45, 7) is 4.03. The monoisotopic (exact) mass is 491 g/mol. The average molecular weight is 492 g/mol. The average Bonchev–Trinajstić information content (AvgIpc) is 3.45. The lowest BCUT2D eigenvalue weighted by molar-refractivity contribution is -0.125. The Morgan fingerprint density at radius 2 is 1.97 bits per heavy atom.